The van der Waals surface area contributed by atoms with Crippen LogP contribution in [0.1, 0.15) is 5.56 Å². The topological polar surface area (TPSA) is 76.3 Å². The van der Waals surface area contributed by atoms with Crippen LogP contribution in [0.25, 0.3) is 0 Å². The van der Waals surface area contributed by atoms with Crippen molar-refractivity contribution < 1.29 is 12.8 Å². The van der Waals surface area contributed by atoms with Gasteiger partial charge in [-0.05, 0) is 35.9 Å². The number of benzene rings is 1. The van der Waals surface area contributed by atoms with E-state index in [4.69, 9.17) is 5.73 Å². The summed E-state index contributed by atoms with van der Waals surface area (Å²) in [7, 11) is -2.32. The standard InChI is InChI=1S/C13H14FN3O2S/c1-17(9-10-4-6-16-7-5-10)20(18,19)13-3-2-11(14)8-12(13)15/h2-8H,9,15H2,1H3. The molecule has 7 heteroatoms. The van der Waals surface area contributed by atoms with Crippen LogP contribution >= 0.6 is 0 Å². The summed E-state index contributed by atoms with van der Waals surface area (Å²) in [5, 5.41) is 0. The van der Waals surface area contributed by atoms with Gasteiger partial charge in [-0.1, -0.05) is 0 Å². The molecular weight excluding hydrogens is 281 g/mol. The molecule has 0 aliphatic carbocycles. The van der Waals surface area contributed by atoms with Crippen LogP contribution in [0.3, 0.4) is 0 Å². The number of sulfonamides is 1. The Bertz CT molecular complexity index is 705. The summed E-state index contributed by atoms with van der Waals surface area (Å²) in [5.74, 6) is -0.571. The van der Waals surface area contributed by atoms with Gasteiger partial charge in [0.25, 0.3) is 0 Å². The highest BCUT2D eigenvalue weighted by Crippen LogP contribution is 2.23. The van der Waals surface area contributed by atoms with Crippen LogP contribution in [-0.2, 0) is 16.6 Å². The SMILES string of the molecule is CN(Cc1ccncc1)S(=O)(=O)c1ccc(F)cc1N. The monoisotopic (exact) mass is 295 g/mol. The maximum Gasteiger partial charge on any atom is 0.245 e. The second-order valence-corrected chi connectivity index (χ2v) is 6.31. The Morgan fingerprint density at radius 3 is 2.50 bits per heavy atom. The van der Waals surface area contributed by atoms with E-state index in [0.29, 0.717) is 0 Å². The average Bonchev–Trinajstić information content (AvgIpc) is 2.39. The lowest BCUT2D eigenvalue weighted by Crippen LogP contribution is -2.27. The molecule has 0 radical (unpaired) electrons. The fraction of sp³-hybridized carbons (Fsp3) is 0.154. The molecule has 1 aromatic heterocycles. The summed E-state index contributed by atoms with van der Waals surface area (Å²) >= 11 is 0. The summed E-state index contributed by atoms with van der Waals surface area (Å²) < 4.78 is 38.9. The summed E-state index contributed by atoms with van der Waals surface area (Å²) in [6.07, 6.45) is 3.17. The summed E-state index contributed by atoms with van der Waals surface area (Å²) in [6.45, 7) is 0.182. The minimum absolute atomic E-state index is 0.101. The van der Waals surface area contributed by atoms with E-state index in [9.17, 15) is 12.8 Å². The number of nitrogen functional groups attached to an aromatic ring is 1. The smallest absolute Gasteiger partial charge is 0.245 e. The van der Waals surface area contributed by atoms with Crippen molar-refractivity contribution in [2.45, 2.75) is 11.4 Å². The van der Waals surface area contributed by atoms with Gasteiger partial charge in [0.05, 0.1) is 5.69 Å². The largest absolute Gasteiger partial charge is 0.398 e. The van der Waals surface area contributed by atoms with Gasteiger partial charge in [0.2, 0.25) is 10.0 Å². The lowest BCUT2D eigenvalue weighted by Gasteiger charge is -2.18. The van der Waals surface area contributed by atoms with Gasteiger partial charge < -0.3 is 5.73 Å². The van der Waals surface area contributed by atoms with Crippen molar-refractivity contribution in [3.8, 4) is 0 Å². The van der Waals surface area contributed by atoms with Gasteiger partial charge in [0.15, 0.2) is 0 Å². The normalized spacial score (nSPS) is 11.8. The number of hydrogen-bond acceptors (Lipinski definition) is 4. The molecule has 2 aromatic rings. The zero-order valence-corrected chi connectivity index (χ0v) is 11.6. The molecule has 20 heavy (non-hydrogen) atoms. The molecule has 0 aliphatic rings. The number of hydrogen-bond donors (Lipinski definition) is 1. The number of rotatable bonds is 4. The molecule has 0 bridgehead atoms. The number of halogens is 1. The first kappa shape index (κ1) is 14.4. The molecule has 5 nitrogen and oxygen atoms in total. The molecule has 0 saturated carbocycles. The van der Waals surface area contributed by atoms with Gasteiger partial charge in [0.1, 0.15) is 10.7 Å². The van der Waals surface area contributed by atoms with E-state index in [-0.39, 0.29) is 17.1 Å². The van der Waals surface area contributed by atoms with Crippen molar-refractivity contribution in [2.75, 3.05) is 12.8 Å². The second kappa shape index (κ2) is 5.56. The first-order valence-electron chi connectivity index (χ1n) is 5.81. The van der Waals surface area contributed by atoms with Gasteiger partial charge in [-0.15, -0.1) is 0 Å². The Labute approximate surface area is 116 Å². The van der Waals surface area contributed by atoms with Crippen LogP contribution in [0.15, 0.2) is 47.6 Å². The lowest BCUT2D eigenvalue weighted by molar-refractivity contribution is 0.467. The third kappa shape index (κ3) is 2.94. The highest BCUT2D eigenvalue weighted by molar-refractivity contribution is 7.89. The molecule has 0 unspecified atom stereocenters. The molecule has 0 fully saturated rings. The highest BCUT2D eigenvalue weighted by Gasteiger charge is 2.23. The summed E-state index contributed by atoms with van der Waals surface area (Å²) in [5.41, 5.74) is 6.28. The van der Waals surface area contributed by atoms with Gasteiger partial charge in [-0.25, -0.2) is 12.8 Å². The van der Waals surface area contributed by atoms with Crippen molar-refractivity contribution in [3.63, 3.8) is 0 Å². The quantitative estimate of drug-likeness (QED) is 0.870. The maximum absolute atomic E-state index is 13.0. The Balaban J connectivity index is 2.30. The number of nitrogens with two attached hydrogens (primary N) is 1. The third-order valence-corrected chi connectivity index (χ3v) is 4.69. The predicted molar refractivity (Wildman–Crippen MR) is 73.7 cm³/mol. The molecule has 1 heterocycles. The van der Waals surface area contributed by atoms with Crippen LogP contribution in [0.4, 0.5) is 10.1 Å². The molecule has 0 spiro atoms. The molecule has 2 N–H and O–H groups in total. The van der Waals surface area contributed by atoms with Crippen molar-refractivity contribution >= 4 is 15.7 Å². The van der Waals surface area contributed by atoms with Crippen molar-refractivity contribution in [1.82, 2.24) is 9.29 Å². The van der Waals surface area contributed by atoms with E-state index in [2.05, 4.69) is 4.98 Å². The minimum Gasteiger partial charge on any atom is -0.398 e. The van der Waals surface area contributed by atoms with Crippen molar-refractivity contribution in [3.05, 3.63) is 54.1 Å². The zero-order chi connectivity index (χ0) is 14.8. The predicted octanol–water partition coefficient (Wildman–Crippen LogP) is 1.62. The van der Waals surface area contributed by atoms with E-state index >= 15 is 0 Å². The number of pyridine rings is 1. The molecule has 1 aromatic carbocycles. The van der Waals surface area contributed by atoms with Gasteiger partial charge in [-0.2, -0.15) is 4.31 Å². The van der Waals surface area contributed by atoms with Crippen molar-refractivity contribution in [2.24, 2.45) is 0 Å². The number of anilines is 1. The second-order valence-electron chi connectivity index (χ2n) is 4.30. The van der Waals surface area contributed by atoms with E-state index in [1.807, 2.05) is 0 Å². The first-order chi connectivity index (χ1) is 9.41. The van der Waals surface area contributed by atoms with Crippen LogP contribution in [0, 0.1) is 5.82 Å². The van der Waals surface area contributed by atoms with Crippen molar-refractivity contribution in [1.29, 1.82) is 0 Å². The Morgan fingerprint density at radius 1 is 1.25 bits per heavy atom. The lowest BCUT2D eigenvalue weighted by atomic mass is 10.3. The average molecular weight is 295 g/mol. The van der Waals surface area contributed by atoms with Gasteiger partial charge in [-0.3, -0.25) is 4.98 Å². The fourth-order valence-electron chi connectivity index (χ4n) is 1.75. The maximum atomic E-state index is 13.0. The third-order valence-electron chi connectivity index (χ3n) is 2.81. The highest BCUT2D eigenvalue weighted by atomic mass is 32.2. The summed E-state index contributed by atoms with van der Waals surface area (Å²) in [6, 6.07) is 6.68. The Hall–Kier alpha value is -1.99. The van der Waals surface area contributed by atoms with Crippen LogP contribution in [-0.4, -0.2) is 24.8 Å². The summed E-state index contributed by atoms with van der Waals surface area (Å²) in [4.78, 5) is 3.77. The molecule has 0 amide bonds. The van der Waals surface area contributed by atoms with E-state index < -0.39 is 15.8 Å². The molecule has 2 rings (SSSR count). The molecule has 0 aliphatic heterocycles. The fourth-order valence-corrected chi connectivity index (χ4v) is 3.00. The Morgan fingerprint density at radius 2 is 1.90 bits per heavy atom. The minimum atomic E-state index is -3.76. The first-order valence-corrected chi connectivity index (χ1v) is 7.25. The Kier molecular flexibility index (Phi) is 4.01. The van der Waals surface area contributed by atoms with Gasteiger partial charge in [0, 0.05) is 26.0 Å². The van der Waals surface area contributed by atoms with Crippen LogP contribution in [0.2, 0.25) is 0 Å². The molecule has 0 atom stereocenters. The molecular formula is C13H14FN3O2S. The number of aromatic nitrogens is 1. The zero-order valence-electron chi connectivity index (χ0n) is 10.8. The van der Waals surface area contributed by atoms with E-state index in [0.717, 1.165) is 22.0 Å². The van der Waals surface area contributed by atoms with E-state index in [1.54, 1.807) is 24.5 Å². The number of nitrogens with zero attached hydrogens (tertiary/aromatic N) is 2. The molecule has 106 valence electrons. The van der Waals surface area contributed by atoms with Crippen LogP contribution < -0.4 is 5.73 Å². The van der Waals surface area contributed by atoms with Gasteiger partial charge >= 0.3 is 0 Å². The molecule has 0 saturated heterocycles. The van der Waals surface area contributed by atoms with E-state index in [1.165, 1.54) is 13.1 Å². The van der Waals surface area contributed by atoms with Crippen LogP contribution in [0.5, 0.6) is 0 Å².